The summed E-state index contributed by atoms with van der Waals surface area (Å²) in [5, 5.41) is 2.97. The highest BCUT2D eigenvalue weighted by Crippen LogP contribution is 2.18. The highest BCUT2D eigenvalue weighted by Gasteiger charge is 2.22. The molecule has 13 heavy (non-hydrogen) atoms. The fourth-order valence-electron chi connectivity index (χ4n) is 0.980. The van der Waals surface area contributed by atoms with Crippen LogP contribution >= 0.6 is 11.8 Å². The third-order valence-corrected chi connectivity index (χ3v) is 2.98. The Bertz CT molecular complexity index is 160. The van der Waals surface area contributed by atoms with Gasteiger partial charge in [-0.05, 0) is 31.6 Å². The average molecular weight is 202 g/mol. The van der Waals surface area contributed by atoms with Crippen molar-refractivity contribution in [3.63, 3.8) is 0 Å². The molecule has 0 unspecified atom stereocenters. The number of hydrogen-bond donors (Lipinski definition) is 2. The van der Waals surface area contributed by atoms with E-state index in [0.717, 1.165) is 24.5 Å². The molecule has 3 N–H and O–H groups in total. The molecule has 0 bridgehead atoms. The minimum Gasteiger partial charge on any atom is -0.353 e. The smallest absolute Gasteiger partial charge is 0.221 e. The Kier molecular flexibility index (Phi) is 5.23. The Morgan fingerprint density at radius 3 is 2.85 bits per heavy atom. The van der Waals surface area contributed by atoms with Crippen LogP contribution in [0.2, 0.25) is 0 Å². The van der Waals surface area contributed by atoms with Gasteiger partial charge >= 0.3 is 0 Å². The lowest BCUT2D eigenvalue weighted by atomic mass is 10.4. The largest absolute Gasteiger partial charge is 0.353 e. The Labute approximate surface area is 83.8 Å². The molecule has 0 atom stereocenters. The van der Waals surface area contributed by atoms with Crippen LogP contribution in [0.15, 0.2) is 0 Å². The van der Waals surface area contributed by atoms with Gasteiger partial charge in [0.05, 0.1) is 0 Å². The molecule has 0 radical (unpaired) electrons. The molecule has 1 aliphatic carbocycles. The first-order chi connectivity index (χ1) is 6.33. The van der Waals surface area contributed by atoms with Crippen LogP contribution in [0.25, 0.3) is 0 Å². The van der Waals surface area contributed by atoms with Crippen molar-refractivity contribution in [2.24, 2.45) is 5.73 Å². The van der Waals surface area contributed by atoms with Crippen LogP contribution in [0.3, 0.4) is 0 Å². The van der Waals surface area contributed by atoms with Crippen LogP contribution in [0.1, 0.15) is 25.7 Å². The molecule has 1 saturated carbocycles. The monoisotopic (exact) mass is 202 g/mol. The Morgan fingerprint density at radius 1 is 1.46 bits per heavy atom. The van der Waals surface area contributed by atoms with Gasteiger partial charge in [0.25, 0.3) is 0 Å². The number of carbonyl (C=O) groups is 1. The van der Waals surface area contributed by atoms with Gasteiger partial charge in [-0.3, -0.25) is 4.79 Å². The summed E-state index contributed by atoms with van der Waals surface area (Å²) in [5.74, 6) is 2.22. The summed E-state index contributed by atoms with van der Waals surface area (Å²) < 4.78 is 0. The zero-order valence-electron chi connectivity index (χ0n) is 7.92. The van der Waals surface area contributed by atoms with Gasteiger partial charge < -0.3 is 11.1 Å². The summed E-state index contributed by atoms with van der Waals surface area (Å²) in [5.41, 5.74) is 5.35. The molecule has 0 spiro atoms. The second-order valence-corrected chi connectivity index (χ2v) is 4.57. The highest BCUT2D eigenvalue weighted by atomic mass is 32.2. The van der Waals surface area contributed by atoms with Crippen molar-refractivity contribution < 1.29 is 4.79 Å². The zero-order valence-corrected chi connectivity index (χ0v) is 8.74. The SMILES string of the molecule is NCCCSCCC(=O)NC1CC1. The number of carbonyl (C=O) groups excluding carboxylic acids is 1. The minimum absolute atomic E-state index is 0.211. The molecule has 1 amide bonds. The van der Waals surface area contributed by atoms with Gasteiger partial charge in [0.2, 0.25) is 5.91 Å². The van der Waals surface area contributed by atoms with Gasteiger partial charge in [0.1, 0.15) is 0 Å². The van der Waals surface area contributed by atoms with Crippen LogP contribution in [0, 0.1) is 0 Å². The van der Waals surface area contributed by atoms with Crippen molar-refractivity contribution in [2.75, 3.05) is 18.1 Å². The number of amides is 1. The lowest BCUT2D eigenvalue weighted by Gasteiger charge is -2.02. The lowest BCUT2D eigenvalue weighted by Crippen LogP contribution is -2.25. The summed E-state index contributed by atoms with van der Waals surface area (Å²) >= 11 is 1.81. The number of hydrogen-bond acceptors (Lipinski definition) is 3. The number of nitrogens with two attached hydrogens (primary N) is 1. The van der Waals surface area contributed by atoms with Crippen LogP contribution in [-0.2, 0) is 4.79 Å². The van der Waals surface area contributed by atoms with Crippen molar-refractivity contribution in [3.05, 3.63) is 0 Å². The van der Waals surface area contributed by atoms with Crippen molar-refractivity contribution in [1.82, 2.24) is 5.32 Å². The molecule has 1 rings (SSSR count). The van der Waals surface area contributed by atoms with E-state index in [4.69, 9.17) is 5.73 Å². The quantitative estimate of drug-likeness (QED) is 0.599. The first kappa shape index (κ1) is 10.9. The maximum Gasteiger partial charge on any atom is 0.221 e. The summed E-state index contributed by atoms with van der Waals surface area (Å²) in [6.07, 6.45) is 4.05. The minimum atomic E-state index is 0.211. The van der Waals surface area contributed by atoms with Crippen LogP contribution in [0.4, 0.5) is 0 Å². The van der Waals surface area contributed by atoms with E-state index in [0.29, 0.717) is 12.5 Å². The van der Waals surface area contributed by atoms with Gasteiger partial charge in [-0.15, -0.1) is 0 Å². The molecule has 3 nitrogen and oxygen atoms in total. The number of rotatable bonds is 7. The molecule has 4 heteroatoms. The number of nitrogens with one attached hydrogen (secondary N) is 1. The van der Waals surface area contributed by atoms with E-state index in [1.165, 1.54) is 12.8 Å². The average Bonchev–Trinajstić information content (AvgIpc) is 2.88. The molecule has 76 valence electrons. The van der Waals surface area contributed by atoms with Crippen molar-refractivity contribution in [3.8, 4) is 0 Å². The molecule has 1 fully saturated rings. The van der Waals surface area contributed by atoms with E-state index in [9.17, 15) is 4.79 Å². The highest BCUT2D eigenvalue weighted by molar-refractivity contribution is 7.99. The fourth-order valence-corrected chi connectivity index (χ4v) is 1.88. The topological polar surface area (TPSA) is 55.1 Å². The molecular formula is C9H18N2OS. The molecule has 0 saturated heterocycles. The second-order valence-electron chi connectivity index (χ2n) is 3.35. The van der Waals surface area contributed by atoms with E-state index >= 15 is 0 Å². The van der Waals surface area contributed by atoms with E-state index in [2.05, 4.69) is 5.32 Å². The molecule has 0 aromatic heterocycles. The van der Waals surface area contributed by atoms with Gasteiger partial charge in [-0.1, -0.05) is 0 Å². The van der Waals surface area contributed by atoms with Crippen LogP contribution in [0.5, 0.6) is 0 Å². The van der Waals surface area contributed by atoms with Gasteiger partial charge in [-0.2, -0.15) is 11.8 Å². The maximum absolute atomic E-state index is 11.2. The molecule has 0 heterocycles. The molecule has 0 aromatic carbocycles. The van der Waals surface area contributed by atoms with Gasteiger partial charge in [-0.25, -0.2) is 0 Å². The molecule has 0 aliphatic heterocycles. The molecular weight excluding hydrogens is 184 g/mol. The zero-order chi connectivity index (χ0) is 9.52. The van der Waals surface area contributed by atoms with Crippen molar-refractivity contribution >= 4 is 17.7 Å². The van der Waals surface area contributed by atoms with Crippen LogP contribution in [-0.4, -0.2) is 30.0 Å². The third-order valence-electron chi connectivity index (χ3n) is 1.91. The lowest BCUT2D eigenvalue weighted by molar-refractivity contribution is -0.120. The number of thioether (sulfide) groups is 1. The predicted molar refractivity (Wildman–Crippen MR) is 56.8 cm³/mol. The molecule has 0 aromatic rings. The molecule has 1 aliphatic rings. The first-order valence-corrected chi connectivity index (χ1v) is 6.05. The second kappa shape index (κ2) is 6.27. The first-order valence-electron chi connectivity index (χ1n) is 4.90. The summed E-state index contributed by atoms with van der Waals surface area (Å²) in [4.78, 5) is 11.2. The Morgan fingerprint density at radius 2 is 2.23 bits per heavy atom. The summed E-state index contributed by atoms with van der Waals surface area (Å²) in [7, 11) is 0. The van der Waals surface area contributed by atoms with Crippen LogP contribution < -0.4 is 11.1 Å². The normalized spacial score (nSPS) is 15.8. The summed E-state index contributed by atoms with van der Waals surface area (Å²) in [6, 6.07) is 0.501. The Balaban J connectivity index is 1.83. The third kappa shape index (κ3) is 5.93. The van der Waals surface area contributed by atoms with E-state index in [1.54, 1.807) is 0 Å². The van der Waals surface area contributed by atoms with Gasteiger partial charge in [0.15, 0.2) is 0 Å². The van der Waals surface area contributed by atoms with E-state index in [-0.39, 0.29) is 5.91 Å². The summed E-state index contributed by atoms with van der Waals surface area (Å²) in [6.45, 7) is 0.751. The standard InChI is InChI=1S/C9H18N2OS/c10-5-1-6-13-7-4-9(12)11-8-2-3-8/h8H,1-7,10H2,(H,11,12). The Hall–Kier alpha value is -0.220. The van der Waals surface area contributed by atoms with E-state index < -0.39 is 0 Å². The van der Waals surface area contributed by atoms with Crippen molar-refractivity contribution in [2.45, 2.75) is 31.7 Å². The fraction of sp³-hybridized carbons (Fsp3) is 0.889. The maximum atomic E-state index is 11.2. The van der Waals surface area contributed by atoms with Crippen molar-refractivity contribution in [1.29, 1.82) is 0 Å². The predicted octanol–water partition coefficient (Wildman–Crippen LogP) is 0.737. The van der Waals surface area contributed by atoms with Gasteiger partial charge in [0, 0.05) is 18.2 Å². The van der Waals surface area contributed by atoms with E-state index in [1.807, 2.05) is 11.8 Å².